The van der Waals surface area contributed by atoms with Crippen molar-refractivity contribution >= 4 is 11.9 Å². The van der Waals surface area contributed by atoms with E-state index in [9.17, 15) is 14.0 Å². The Morgan fingerprint density at radius 3 is 2.36 bits per heavy atom. The molecule has 1 aliphatic carbocycles. The number of aryl methyl sites for hydroxylation is 1. The molecule has 0 aliphatic heterocycles. The molecule has 2 aromatic rings. The van der Waals surface area contributed by atoms with Crippen molar-refractivity contribution < 1.29 is 19.1 Å². The van der Waals surface area contributed by atoms with Crippen LogP contribution in [0.15, 0.2) is 48.5 Å². The number of carbonyl (C=O) groups excluding carboxylic acids is 1. The second-order valence-corrected chi connectivity index (χ2v) is 6.35. The predicted octanol–water partition coefficient (Wildman–Crippen LogP) is 3.65. The fourth-order valence-corrected chi connectivity index (χ4v) is 2.83. The maximum atomic E-state index is 13.9. The van der Waals surface area contributed by atoms with Gasteiger partial charge < -0.3 is 10.0 Å². The van der Waals surface area contributed by atoms with Crippen LogP contribution in [0.3, 0.4) is 0 Å². The van der Waals surface area contributed by atoms with Crippen LogP contribution < -0.4 is 0 Å². The summed E-state index contributed by atoms with van der Waals surface area (Å²) in [5.74, 6) is -1.24. The molecule has 0 aromatic heterocycles. The summed E-state index contributed by atoms with van der Waals surface area (Å²) >= 11 is 0. The molecule has 5 heteroatoms. The second kappa shape index (κ2) is 7.47. The molecule has 1 aliphatic rings. The van der Waals surface area contributed by atoms with E-state index < -0.39 is 5.97 Å². The Kier molecular flexibility index (Phi) is 5.12. The summed E-state index contributed by atoms with van der Waals surface area (Å²) in [5, 5.41) is 8.91. The van der Waals surface area contributed by atoms with E-state index in [2.05, 4.69) is 0 Å². The minimum absolute atomic E-state index is 0.00747. The van der Waals surface area contributed by atoms with Crippen molar-refractivity contribution in [3.8, 4) is 0 Å². The van der Waals surface area contributed by atoms with Crippen LogP contribution in [0.2, 0.25) is 0 Å². The zero-order chi connectivity index (χ0) is 17.8. The van der Waals surface area contributed by atoms with E-state index in [-0.39, 0.29) is 23.3 Å². The largest absolute Gasteiger partial charge is 0.478 e. The summed E-state index contributed by atoms with van der Waals surface area (Å²) in [6.45, 7) is 0.300. The Balaban J connectivity index is 1.61. The van der Waals surface area contributed by atoms with Crippen LogP contribution in [0, 0.1) is 5.82 Å². The molecule has 1 N–H and O–H groups in total. The molecule has 130 valence electrons. The summed E-state index contributed by atoms with van der Waals surface area (Å²) in [7, 11) is 0. The smallest absolute Gasteiger partial charge is 0.335 e. The molecule has 0 spiro atoms. The normalized spacial score (nSPS) is 13.5. The van der Waals surface area contributed by atoms with Gasteiger partial charge in [-0.1, -0.05) is 30.3 Å². The molecule has 1 saturated carbocycles. The maximum absolute atomic E-state index is 13.9. The van der Waals surface area contributed by atoms with E-state index in [1.165, 1.54) is 6.07 Å². The minimum Gasteiger partial charge on any atom is -0.478 e. The van der Waals surface area contributed by atoms with E-state index >= 15 is 0 Å². The average Bonchev–Trinajstić information content (AvgIpc) is 3.44. The van der Waals surface area contributed by atoms with Crippen molar-refractivity contribution in [2.24, 2.45) is 0 Å². The Morgan fingerprint density at radius 1 is 1.08 bits per heavy atom. The molecule has 0 saturated heterocycles. The Hall–Kier alpha value is -2.69. The molecule has 3 rings (SSSR count). The van der Waals surface area contributed by atoms with Crippen molar-refractivity contribution in [3.05, 3.63) is 71.0 Å². The topological polar surface area (TPSA) is 57.6 Å². The first-order valence-electron chi connectivity index (χ1n) is 8.39. The van der Waals surface area contributed by atoms with Gasteiger partial charge in [-0.2, -0.15) is 0 Å². The average molecular weight is 341 g/mol. The summed E-state index contributed by atoms with van der Waals surface area (Å²) in [6.07, 6.45) is 2.80. The lowest BCUT2D eigenvalue weighted by atomic mass is 10.1. The van der Waals surface area contributed by atoms with Gasteiger partial charge in [0.1, 0.15) is 5.82 Å². The van der Waals surface area contributed by atoms with Crippen LogP contribution >= 0.6 is 0 Å². The number of halogens is 1. The highest BCUT2D eigenvalue weighted by molar-refractivity contribution is 5.87. The summed E-state index contributed by atoms with van der Waals surface area (Å²) in [5.41, 5.74) is 1.68. The zero-order valence-electron chi connectivity index (χ0n) is 13.8. The number of rotatable bonds is 7. The lowest BCUT2D eigenvalue weighted by Gasteiger charge is -2.23. The third-order valence-corrected chi connectivity index (χ3v) is 4.43. The van der Waals surface area contributed by atoms with Crippen LogP contribution in [-0.2, 0) is 17.8 Å². The number of carbonyl (C=O) groups is 2. The van der Waals surface area contributed by atoms with Gasteiger partial charge in [0.05, 0.1) is 5.56 Å². The van der Waals surface area contributed by atoms with Crippen molar-refractivity contribution in [2.45, 2.75) is 38.3 Å². The number of carboxylic acids is 1. The molecule has 1 fully saturated rings. The summed E-state index contributed by atoms with van der Waals surface area (Å²) < 4.78 is 13.9. The number of hydrogen-bond acceptors (Lipinski definition) is 2. The first-order chi connectivity index (χ1) is 12.0. The third-order valence-electron chi connectivity index (χ3n) is 4.43. The van der Waals surface area contributed by atoms with Crippen molar-refractivity contribution in [2.75, 3.05) is 0 Å². The number of nitrogens with zero attached hydrogens (tertiary/aromatic N) is 1. The molecular formula is C20H20FNO3. The van der Waals surface area contributed by atoms with Crippen LogP contribution in [0.4, 0.5) is 4.39 Å². The van der Waals surface area contributed by atoms with Gasteiger partial charge in [0.25, 0.3) is 0 Å². The highest BCUT2D eigenvalue weighted by Gasteiger charge is 2.32. The molecule has 25 heavy (non-hydrogen) atoms. The monoisotopic (exact) mass is 341 g/mol. The van der Waals surface area contributed by atoms with Crippen LogP contribution in [0.1, 0.15) is 40.7 Å². The number of carboxylic acid groups (broad SMARTS) is 1. The van der Waals surface area contributed by atoms with Crippen molar-refractivity contribution in [3.63, 3.8) is 0 Å². The Morgan fingerprint density at radius 2 is 1.76 bits per heavy atom. The number of benzene rings is 2. The first kappa shape index (κ1) is 17.1. The molecule has 0 atom stereocenters. The van der Waals surface area contributed by atoms with Crippen LogP contribution in [0.25, 0.3) is 0 Å². The van der Waals surface area contributed by atoms with Crippen LogP contribution in [0.5, 0.6) is 0 Å². The third kappa shape index (κ3) is 4.44. The number of amides is 1. The van der Waals surface area contributed by atoms with E-state index in [0.717, 1.165) is 18.4 Å². The standard InChI is InChI=1S/C20H20FNO3/c21-18-4-2-1-3-16(18)13-22(17-10-11-17)19(23)12-7-14-5-8-15(9-6-14)20(24)25/h1-6,8-9,17H,7,10-13H2,(H,24,25). The minimum atomic E-state index is -0.965. The lowest BCUT2D eigenvalue weighted by molar-refractivity contribution is -0.132. The highest BCUT2D eigenvalue weighted by Crippen LogP contribution is 2.29. The van der Waals surface area contributed by atoms with Gasteiger partial charge in [-0.3, -0.25) is 4.79 Å². The Bertz CT molecular complexity index is 769. The maximum Gasteiger partial charge on any atom is 0.335 e. The van der Waals surface area contributed by atoms with E-state index in [1.807, 2.05) is 0 Å². The van der Waals surface area contributed by atoms with Gasteiger partial charge in [0, 0.05) is 24.6 Å². The van der Waals surface area contributed by atoms with Gasteiger partial charge in [0.15, 0.2) is 0 Å². The zero-order valence-corrected chi connectivity index (χ0v) is 13.8. The fraction of sp³-hybridized carbons (Fsp3) is 0.300. The van der Waals surface area contributed by atoms with Gasteiger partial charge in [0.2, 0.25) is 5.91 Å². The van der Waals surface area contributed by atoms with Crippen molar-refractivity contribution in [1.29, 1.82) is 0 Å². The Labute approximate surface area is 145 Å². The molecule has 4 nitrogen and oxygen atoms in total. The molecule has 0 unspecified atom stereocenters. The molecular weight excluding hydrogens is 321 g/mol. The first-order valence-corrected chi connectivity index (χ1v) is 8.39. The number of hydrogen-bond donors (Lipinski definition) is 1. The lowest BCUT2D eigenvalue weighted by Crippen LogP contribution is -2.33. The van der Waals surface area contributed by atoms with E-state index in [4.69, 9.17) is 5.11 Å². The summed E-state index contributed by atoms with van der Waals surface area (Å²) in [4.78, 5) is 25.2. The molecule has 0 heterocycles. The van der Waals surface area contributed by atoms with Crippen molar-refractivity contribution in [1.82, 2.24) is 4.90 Å². The molecule has 2 aromatic carbocycles. The fourth-order valence-electron chi connectivity index (χ4n) is 2.83. The quantitative estimate of drug-likeness (QED) is 0.836. The second-order valence-electron chi connectivity index (χ2n) is 6.35. The number of aromatic carboxylic acids is 1. The van der Waals surface area contributed by atoms with E-state index in [0.29, 0.717) is 24.9 Å². The molecule has 0 bridgehead atoms. The summed E-state index contributed by atoms with van der Waals surface area (Å²) in [6, 6.07) is 13.3. The predicted molar refractivity (Wildman–Crippen MR) is 91.7 cm³/mol. The van der Waals surface area contributed by atoms with Gasteiger partial charge in [-0.05, 0) is 43.0 Å². The van der Waals surface area contributed by atoms with E-state index in [1.54, 1.807) is 47.4 Å². The van der Waals surface area contributed by atoms with Crippen LogP contribution in [-0.4, -0.2) is 27.9 Å². The van der Waals surface area contributed by atoms with Gasteiger partial charge in [-0.15, -0.1) is 0 Å². The molecule has 1 amide bonds. The van der Waals surface area contributed by atoms with Gasteiger partial charge >= 0.3 is 5.97 Å². The van der Waals surface area contributed by atoms with Gasteiger partial charge in [-0.25, -0.2) is 9.18 Å². The molecule has 0 radical (unpaired) electrons. The highest BCUT2D eigenvalue weighted by atomic mass is 19.1. The SMILES string of the molecule is O=C(O)c1ccc(CCC(=O)N(Cc2ccccc2F)C2CC2)cc1.